The Kier molecular flexibility index (Phi) is 16.9. The minimum Gasteiger partial charge on any atom is -0.481 e. The highest BCUT2D eigenvalue weighted by atomic mass is 32.2. The number of anilines is 1. The molecule has 2 fully saturated rings. The molecule has 4 heterocycles. The van der Waals surface area contributed by atoms with Gasteiger partial charge < -0.3 is 29.3 Å². The summed E-state index contributed by atoms with van der Waals surface area (Å²) in [5.41, 5.74) is 5.46. The summed E-state index contributed by atoms with van der Waals surface area (Å²) in [6.45, 7) is 9.08. The van der Waals surface area contributed by atoms with Crippen LogP contribution in [0.15, 0.2) is 48.8 Å². The van der Waals surface area contributed by atoms with Gasteiger partial charge in [-0.1, -0.05) is 13.8 Å². The molecule has 0 saturated carbocycles. The lowest BCUT2D eigenvalue weighted by atomic mass is 9.97. The van der Waals surface area contributed by atoms with Crippen molar-refractivity contribution in [2.24, 2.45) is 5.14 Å². The van der Waals surface area contributed by atoms with Crippen LogP contribution in [0.4, 0.5) is 19.3 Å². The van der Waals surface area contributed by atoms with E-state index in [4.69, 9.17) is 24.6 Å². The summed E-state index contributed by atoms with van der Waals surface area (Å²) in [6.07, 6.45) is 11.4. The molecule has 8 rings (SSSR count). The van der Waals surface area contributed by atoms with E-state index in [-0.39, 0.29) is 16.9 Å². The number of amides is 2. The van der Waals surface area contributed by atoms with Gasteiger partial charge in [0.2, 0.25) is 31.8 Å². The zero-order valence-electron chi connectivity index (χ0n) is 37.7. The molecule has 356 valence electrons. The lowest BCUT2D eigenvalue weighted by Crippen LogP contribution is -2.46. The number of nitrogens with one attached hydrogen (secondary N) is 2. The third kappa shape index (κ3) is 12.1. The lowest BCUT2D eigenvalue weighted by molar-refractivity contribution is 0.240. The summed E-state index contributed by atoms with van der Waals surface area (Å²) < 4.78 is 94.2. The zero-order valence-corrected chi connectivity index (χ0v) is 39.4. The van der Waals surface area contributed by atoms with Gasteiger partial charge in [0, 0.05) is 41.2 Å². The van der Waals surface area contributed by atoms with Crippen molar-refractivity contribution in [3.63, 3.8) is 0 Å². The first-order chi connectivity index (χ1) is 31.6. The van der Waals surface area contributed by atoms with Crippen molar-refractivity contribution in [1.29, 1.82) is 5.26 Å². The maximum absolute atomic E-state index is 14.8. The first-order valence-electron chi connectivity index (χ1n) is 22.1. The molecule has 0 unspecified atom stereocenters. The van der Waals surface area contributed by atoms with Crippen molar-refractivity contribution in [3.05, 3.63) is 82.7 Å². The van der Waals surface area contributed by atoms with Gasteiger partial charge in [-0.05, 0) is 156 Å². The number of nitrogens with zero attached hydrogens (tertiary/aromatic N) is 5. The van der Waals surface area contributed by atoms with Gasteiger partial charge in [-0.2, -0.15) is 0 Å². The number of sulfonamides is 2. The number of hydrogen-bond acceptors (Lipinski definition) is 13. The number of primary sulfonamides is 1. The fraction of sp³-hybridized carbons (Fsp3) is 0.478. The maximum Gasteiger partial charge on any atom is 0.332 e. The van der Waals surface area contributed by atoms with Crippen molar-refractivity contribution < 1.29 is 44.6 Å². The van der Waals surface area contributed by atoms with E-state index in [1.165, 1.54) is 32.5 Å². The van der Waals surface area contributed by atoms with Crippen molar-refractivity contribution in [3.8, 4) is 46.0 Å². The molecule has 20 heteroatoms. The fourth-order valence-corrected chi connectivity index (χ4v) is 11.2. The quantitative estimate of drug-likeness (QED) is 0.140. The van der Waals surface area contributed by atoms with Gasteiger partial charge >= 0.3 is 6.03 Å². The Hall–Kier alpha value is -5.46. The maximum atomic E-state index is 14.8. The molecule has 2 amide bonds. The average Bonchev–Trinajstić information content (AvgIpc) is 4.03. The third-order valence-corrected chi connectivity index (χ3v) is 15.9. The number of nitrogens with two attached hydrogens (primary N) is 1. The number of ether oxygens (including phenoxy) is 3. The minimum atomic E-state index is -3.84. The molecular weight excluding hydrogens is 895 g/mol. The summed E-state index contributed by atoms with van der Waals surface area (Å²) in [5, 5.41) is 15.7. The van der Waals surface area contributed by atoms with E-state index in [1.807, 2.05) is 6.92 Å². The molecule has 0 bridgehead atoms. The molecule has 4 aliphatic rings. The molecule has 0 atom stereocenters. The first-order valence-corrected chi connectivity index (χ1v) is 25.3. The van der Waals surface area contributed by atoms with Gasteiger partial charge in [0.1, 0.15) is 11.6 Å². The molecule has 2 aliphatic heterocycles. The monoisotopic (exact) mass is 952 g/mol. The molecule has 0 spiro atoms. The van der Waals surface area contributed by atoms with Crippen LogP contribution in [-0.2, 0) is 45.7 Å². The van der Waals surface area contributed by atoms with E-state index in [9.17, 15) is 30.4 Å². The first kappa shape index (κ1) is 50.0. The molecule has 16 nitrogen and oxygen atoms in total. The number of halogens is 2. The van der Waals surface area contributed by atoms with Gasteiger partial charge in [-0.15, -0.1) is 5.26 Å². The Morgan fingerprint density at radius 3 is 1.73 bits per heavy atom. The molecule has 2 aromatic heterocycles. The number of carbonyl (C=O) groups is 1. The average molecular weight is 953 g/mol. The van der Waals surface area contributed by atoms with Gasteiger partial charge in [-0.25, -0.2) is 50.2 Å². The SMILES string of the molecule is CCN1CCC(S(=O)(=O)NC(=O)Nc2c(-c3ccnc(OC)c3)cc(F)c3c2CCC3)CC1.CCN1CCC(S(N)(=O)=O)CC1.COc1cc(-c2cc(F)c3c(c2OC#N)CCC3)ccn1. The second kappa shape index (κ2) is 22.4. The van der Waals surface area contributed by atoms with Crippen LogP contribution in [0.5, 0.6) is 17.5 Å². The lowest BCUT2D eigenvalue weighted by Gasteiger charge is -2.30. The summed E-state index contributed by atoms with van der Waals surface area (Å²) >= 11 is 0. The molecule has 0 radical (unpaired) electrons. The van der Waals surface area contributed by atoms with Crippen LogP contribution in [0, 0.1) is 23.2 Å². The molecule has 4 N–H and O–H groups in total. The van der Waals surface area contributed by atoms with Gasteiger partial charge in [0.25, 0.3) is 6.26 Å². The number of hydrogen-bond donors (Lipinski definition) is 3. The van der Waals surface area contributed by atoms with Crippen molar-refractivity contribution >= 4 is 31.8 Å². The number of urea groups is 1. The molecule has 4 aromatic rings. The van der Waals surface area contributed by atoms with E-state index >= 15 is 0 Å². The van der Waals surface area contributed by atoms with Gasteiger partial charge in [0.15, 0.2) is 5.75 Å². The van der Waals surface area contributed by atoms with Crippen LogP contribution in [0.2, 0.25) is 0 Å². The van der Waals surface area contributed by atoms with E-state index < -0.39 is 31.3 Å². The number of rotatable bonds is 11. The van der Waals surface area contributed by atoms with Crippen LogP contribution in [0.3, 0.4) is 0 Å². The molecular formula is C46H58F2N8O8S2. The Bertz CT molecular complexity index is 2630. The fourth-order valence-electron chi connectivity index (χ4n) is 9.00. The van der Waals surface area contributed by atoms with Crippen molar-refractivity contribution in [1.82, 2.24) is 24.5 Å². The van der Waals surface area contributed by atoms with Crippen molar-refractivity contribution in [2.45, 2.75) is 88.6 Å². The number of benzene rings is 2. The third-order valence-electron chi connectivity index (χ3n) is 12.6. The number of fused-ring (bicyclic) bond motifs is 2. The Balaban J connectivity index is 0.000000185. The Morgan fingerprint density at radius 1 is 0.758 bits per heavy atom. The van der Waals surface area contributed by atoms with Crippen LogP contribution < -0.4 is 29.4 Å². The largest absolute Gasteiger partial charge is 0.481 e. The smallest absolute Gasteiger partial charge is 0.332 e. The number of likely N-dealkylation sites (tertiary alicyclic amines) is 2. The predicted molar refractivity (Wildman–Crippen MR) is 247 cm³/mol. The molecule has 66 heavy (non-hydrogen) atoms. The zero-order chi connectivity index (χ0) is 47.6. The Morgan fingerprint density at radius 2 is 1.23 bits per heavy atom. The molecule has 2 saturated heterocycles. The summed E-state index contributed by atoms with van der Waals surface area (Å²) in [5.74, 6) is 0.633. The normalized spacial score (nSPS) is 16.6. The predicted octanol–water partition coefficient (Wildman–Crippen LogP) is 6.32. The van der Waals surface area contributed by atoms with E-state index in [1.54, 1.807) is 36.7 Å². The van der Waals surface area contributed by atoms with E-state index in [0.717, 1.165) is 51.0 Å². The van der Waals surface area contributed by atoms with Crippen LogP contribution in [-0.4, -0.2) is 107 Å². The second-order valence-corrected chi connectivity index (χ2v) is 20.3. The van der Waals surface area contributed by atoms with Gasteiger partial charge in [-0.3, -0.25) is 0 Å². The highest BCUT2D eigenvalue weighted by Gasteiger charge is 2.32. The Labute approximate surface area is 385 Å². The number of methoxy groups -OCH3 is 2. The number of aromatic nitrogens is 2. The van der Waals surface area contributed by atoms with Crippen LogP contribution in [0.1, 0.15) is 74.6 Å². The molecule has 2 aliphatic carbocycles. The topological polar surface area (TPSA) is 219 Å². The summed E-state index contributed by atoms with van der Waals surface area (Å²) in [4.78, 5) is 25.4. The summed E-state index contributed by atoms with van der Waals surface area (Å²) in [6, 6.07) is 8.74. The summed E-state index contributed by atoms with van der Waals surface area (Å²) in [7, 11) is -4.12. The molecule has 2 aromatic carbocycles. The standard InChI is InChI=1S/C23H29FN4O4S.C16H13FN2O2.C7H16N2O2S/c1-3-28-11-8-16(9-12-28)33(30,31)27-23(29)26-22-18-6-4-5-17(18)20(24)14-19(22)15-7-10-25-21(13-15)32-2;1-20-15-7-10(5-6-19-15)13-8-14(17)11-3-2-4-12(11)16(13)21-9-18;1-2-9-5-3-7(4-6-9)12(8,10)11/h7,10,13-14,16H,3-6,8-9,11-12H2,1-2H3,(H2,26,27,29);5-8H,2-4H2,1H3;7H,2-6H2,1H3,(H2,8,10,11). The highest BCUT2D eigenvalue weighted by Crippen LogP contribution is 2.42. The van der Waals surface area contributed by atoms with E-state index in [0.29, 0.717) is 120 Å². The van der Waals surface area contributed by atoms with Crippen LogP contribution in [0.25, 0.3) is 22.3 Å². The minimum absolute atomic E-state index is 0.251. The van der Waals surface area contributed by atoms with E-state index in [2.05, 4.69) is 36.7 Å². The van der Waals surface area contributed by atoms with Crippen molar-refractivity contribution in [2.75, 3.05) is 58.8 Å². The van der Waals surface area contributed by atoms with Gasteiger partial charge in [0.05, 0.1) is 30.4 Å². The number of piperidine rings is 2. The number of pyridine rings is 2. The van der Waals surface area contributed by atoms with Crippen LogP contribution >= 0.6 is 0 Å². The second-order valence-electron chi connectivity index (χ2n) is 16.5. The number of nitriles is 1. The number of carbonyl (C=O) groups excluding carboxylic acids is 1. The highest BCUT2D eigenvalue weighted by molar-refractivity contribution is 7.90.